The third kappa shape index (κ3) is 3.68. The average Bonchev–Trinajstić information content (AvgIpc) is 3.14. The second-order valence-electron chi connectivity index (χ2n) is 8.95. The van der Waals surface area contributed by atoms with Crippen LogP contribution in [0.3, 0.4) is 0 Å². The number of benzene rings is 2. The molecule has 5 rings (SSSR count). The minimum Gasteiger partial charge on any atom is -0.322 e. The summed E-state index contributed by atoms with van der Waals surface area (Å²) >= 11 is 0. The number of carbonyl (C=O) groups excluding carboxylic acids is 2. The van der Waals surface area contributed by atoms with Crippen LogP contribution in [0.5, 0.6) is 0 Å². The van der Waals surface area contributed by atoms with Crippen LogP contribution >= 0.6 is 0 Å². The molecule has 5 heteroatoms. The highest BCUT2D eigenvalue weighted by molar-refractivity contribution is 6.05. The van der Waals surface area contributed by atoms with Crippen LogP contribution in [0.1, 0.15) is 54.9 Å². The highest BCUT2D eigenvalue weighted by Crippen LogP contribution is 2.49. The van der Waals surface area contributed by atoms with E-state index in [0.29, 0.717) is 5.56 Å². The van der Waals surface area contributed by atoms with Gasteiger partial charge in [-0.05, 0) is 72.0 Å². The maximum Gasteiger partial charge on any atom is 0.255 e. The number of aromatic nitrogens is 1. The van der Waals surface area contributed by atoms with Crippen LogP contribution < -0.4 is 10.2 Å². The van der Waals surface area contributed by atoms with Crippen molar-refractivity contribution in [3.8, 4) is 11.1 Å². The van der Waals surface area contributed by atoms with Crippen LogP contribution in [0, 0.1) is 0 Å². The molecule has 1 aliphatic carbocycles. The van der Waals surface area contributed by atoms with Gasteiger partial charge < -0.3 is 10.2 Å². The van der Waals surface area contributed by atoms with E-state index in [2.05, 4.69) is 10.3 Å². The molecule has 1 saturated carbocycles. The van der Waals surface area contributed by atoms with E-state index in [4.69, 9.17) is 0 Å². The lowest BCUT2D eigenvalue weighted by Gasteiger charge is -2.34. The zero-order chi connectivity index (χ0) is 22.1. The van der Waals surface area contributed by atoms with Gasteiger partial charge in [0.15, 0.2) is 0 Å². The molecule has 2 amide bonds. The summed E-state index contributed by atoms with van der Waals surface area (Å²) in [6, 6.07) is 17.5. The fourth-order valence-corrected chi connectivity index (χ4v) is 5.27. The van der Waals surface area contributed by atoms with Crippen LogP contribution in [0.25, 0.3) is 11.1 Å². The molecule has 162 valence electrons. The Hall–Kier alpha value is -3.47. The summed E-state index contributed by atoms with van der Waals surface area (Å²) in [5.74, 6) is -0.0641. The molecule has 0 unspecified atom stereocenters. The van der Waals surface area contributed by atoms with Gasteiger partial charge in [-0.1, -0.05) is 31.4 Å². The predicted molar refractivity (Wildman–Crippen MR) is 127 cm³/mol. The van der Waals surface area contributed by atoms with Crippen LogP contribution in [-0.2, 0) is 10.2 Å². The highest BCUT2D eigenvalue weighted by atomic mass is 16.2. The first-order chi connectivity index (χ1) is 15.6. The number of anilines is 2. The number of nitrogens with zero attached hydrogens (tertiary/aromatic N) is 2. The number of nitrogens with one attached hydrogen (secondary N) is 1. The first-order valence-electron chi connectivity index (χ1n) is 11.3. The molecule has 1 aliphatic heterocycles. The van der Waals surface area contributed by atoms with E-state index >= 15 is 0 Å². The molecule has 3 aromatic rings. The third-order valence-corrected chi connectivity index (χ3v) is 6.91. The quantitative estimate of drug-likeness (QED) is 0.597. The van der Waals surface area contributed by atoms with Crippen molar-refractivity contribution in [2.75, 3.05) is 16.8 Å². The lowest BCUT2D eigenvalue weighted by molar-refractivity contribution is -0.116. The Labute approximate surface area is 188 Å². The number of amides is 2. The summed E-state index contributed by atoms with van der Waals surface area (Å²) in [5, 5.41) is 3.05. The van der Waals surface area contributed by atoms with E-state index in [9.17, 15) is 9.59 Å². The summed E-state index contributed by atoms with van der Waals surface area (Å²) in [6.45, 7) is 2.36. The van der Waals surface area contributed by atoms with Crippen molar-refractivity contribution in [3.63, 3.8) is 0 Å². The summed E-state index contributed by atoms with van der Waals surface area (Å²) in [5.41, 5.74) is 5.57. The SMILES string of the molecule is CC(=O)N1CC2(CCCCC2)c2cc(C(=O)Nc3cccc(-c4ccncc4)c3)ccc21. The monoisotopic (exact) mass is 425 g/mol. The molecule has 0 radical (unpaired) electrons. The molecular weight excluding hydrogens is 398 g/mol. The van der Waals surface area contributed by atoms with Crippen molar-refractivity contribution in [2.24, 2.45) is 0 Å². The second-order valence-corrected chi connectivity index (χ2v) is 8.95. The van der Waals surface area contributed by atoms with E-state index in [0.717, 1.165) is 47.5 Å². The molecule has 0 atom stereocenters. The van der Waals surface area contributed by atoms with Gasteiger partial charge in [0.2, 0.25) is 5.91 Å². The minimum atomic E-state index is -0.132. The van der Waals surface area contributed by atoms with Crippen molar-refractivity contribution in [1.29, 1.82) is 0 Å². The molecule has 1 aromatic heterocycles. The molecule has 1 spiro atoms. The lowest BCUT2D eigenvalue weighted by Crippen LogP contribution is -2.37. The molecule has 2 aliphatic rings. The molecule has 2 aromatic carbocycles. The molecule has 1 fully saturated rings. The van der Waals surface area contributed by atoms with Gasteiger partial charge in [-0.3, -0.25) is 14.6 Å². The summed E-state index contributed by atoms with van der Waals surface area (Å²) in [4.78, 5) is 31.4. The maximum absolute atomic E-state index is 13.1. The normalized spacial score (nSPS) is 16.6. The van der Waals surface area contributed by atoms with Crippen molar-refractivity contribution >= 4 is 23.2 Å². The first-order valence-corrected chi connectivity index (χ1v) is 11.3. The summed E-state index contributed by atoms with van der Waals surface area (Å²) in [7, 11) is 0. The van der Waals surface area contributed by atoms with Gasteiger partial charge in [0.1, 0.15) is 0 Å². The smallest absolute Gasteiger partial charge is 0.255 e. The first kappa shape index (κ1) is 20.4. The van der Waals surface area contributed by atoms with E-state index in [1.807, 2.05) is 59.5 Å². The topological polar surface area (TPSA) is 62.3 Å². The number of pyridine rings is 1. The Morgan fingerprint density at radius 2 is 1.72 bits per heavy atom. The van der Waals surface area contributed by atoms with Gasteiger partial charge >= 0.3 is 0 Å². The number of hydrogen-bond acceptors (Lipinski definition) is 3. The zero-order valence-electron chi connectivity index (χ0n) is 18.3. The van der Waals surface area contributed by atoms with E-state index in [1.165, 1.54) is 19.3 Å². The second kappa shape index (κ2) is 8.23. The number of hydrogen-bond donors (Lipinski definition) is 1. The van der Waals surface area contributed by atoms with Crippen molar-refractivity contribution in [3.05, 3.63) is 78.1 Å². The van der Waals surface area contributed by atoms with Gasteiger partial charge in [0.25, 0.3) is 5.91 Å². The predicted octanol–water partition coefficient (Wildman–Crippen LogP) is 5.57. The maximum atomic E-state index is 13.1. The Morgan fingerprint density at radius 3 is 2.47 bits per heavy atom. The largest absolute Gasteiger partial charge is 0.322 e. The average molecular weight is 426 g/mol. The van der Waals surface area contributed by atoms with E-state index in [-0.39, 0.29) is 17.2 Å². The summed E-state index contributed by atoms with van der Waals surface area (Å²) in [6.07, 6.45) is 9.25. The van der Waals surface area contributed by atoms with Crippen LogP contribution in [0.2, 0.25) is 0 Å². The van der Waals surface area contributed by atoms with Gasteiger partial charge in [-0.25, -0.2) is 0 Å². The van der Waals surface area contributed by atoms with Crippen molar-refractivity contribution < 1.29 is 9.59 Å². The van der Waals surface area contributed by atoms with Crippen molar-refractivity contribution in [2.45, 2.75) is 44.4 Å². The van der Waals surface area contributed by atoms with Crippen molar-refractivity contribution in [1.82, 2.24) is 4.98 Å². The number of fused-ring (bicyclic) bond motifs is 2. The molecule has 2 heterocycles. The Morgan fingerprint density at radius 1 is 0.938 bits per heavy atom. The highest BCUT2D eigenvalue weighted by Gasteiger charge is 2.44. The molecular formula is C27H27N3O2. The minimum absolute atomic E-state index is 0.0171. The molecule has 5 nitrogen and oxygen atoms in total. The molecule has 1 N–H and O–H groups in total. The van der Waals surface area contributed by atoms with Crippen LogP contribution in [-0.4, -0.2) is 23.3 Å². The third-order valence-electron chi connectivity index (χ3n) is 6.91. The zero-order valence-corrected chi connectivity index (χ0v) is 18.3. The Balaban J connectivity index is 1.43. The molecule has 0 saturated heterocycles. The lowest BCUT2D eigenvalue weighted by atomic mass is 9.70. The fourth-order valence-electron chi connectivity index (χ4n) is 5.27. The van der Waals surface area contributed by atoms with Crippen LogP contribution in [0.15, 0.2) is 67.0 Å². The Kier molecular flexibility index (Phi) is 5.25. The van der Waals surface area contributed by atoms with E-state index in [1.54, 1.807) is 19.3 Å². The standard InChI is InChI=1S/C27H27N3O2/c1-19(31)30-18-27(12-3-2-4-13-27)24-17-22(8-9-25(24)30)26(32)29-23-7-5-6-21(16-23)20-10-14-28-15-11-20/h5-11,14-17H,2-4,12-13,18H2,1H3,(H,29,32). The van der Waals surface area contributed by atoms with Crippen LogP contribution in [0.4, 0.5) is 11.4 Å². The van der Waals surface area contributed by atoms with E-state index < -0.39 is 0 Å². The van der Waals surface area contributed by atoms with Gasteiger partial charge in [-0.2, -0.15) is 0 Å². The molecule has 32 heavy (non-hydrogen) atoms. The van der Waals surface area contributed by atoms with Gasteiger partial charge in [-0.15, -0.1) is 0 Å². The fraction of sp³-hybridized carbons (Fsp3) is 0.296. The van der Waals surface area contributed by atoms with Gasteiger partial charge in [0, 0.05) is 48.2 Å². The Bertz CT molecular complexity index is 1170. The number of carbonyl (C=O) groups is 2. The number of rotatable bonds is 3. The summed E-state index contributed by atoms with van der Waals surface area (Å²) < 4.78 is 0. The van der Waals surface area contributed by atoms with Gasteiger partial charge in [0.05, 0.1) is 0 Å². The molecule has 0 bridgehead atoms.